The Morgan fingerprint density at radius 2 is 1.26 bits per heavy atom. The number of rotatable bonds is 24. The standard InChI is InChI=1S/C14H23NO5S2.C13H20BrNO4S2.C12H21N3O5S3.CH3O.Na/c1-4-19-11(2)20-13-10-15(7-5-8-18-3)22(16,17)14-12(13)6-9-21-14;1-3-18-10(2)19-12-9-15(7-4-6-14)21(16,17)13-11(12)5-8-20-13;1-3-14-10-8-15(5-4-6-18-2)23(16,17)12-9(10)7-11(21-12)22-20-19-13;1-2;/h6,9,11,13H,4-5,7-8,10H2,1-3H3;5,8,10,12H,3-4,6-7,9H2,1-2H3;7,10,14H,3-6,8,13H2,1-2H3;1H3;/q;;;-1;+1/t;;10-;;/m..0../s1/i3D3;;2D3;1D3;. The fraction of sp³-hybridized carbons (Fsp3) is 0.700. The number of hydrogen-bond donors (Lipinski definition) is 2. The predicted molar refractivity (Wildman–Crippen MR) is 265 cm³/mol. The van der Waals surface area contributed by atoms with Crippen molar-refractivity contribution >= 4 is 92.1 Å². The second-order valence-corrected chi connectivity index (χ2v) is 25.4. The molecular weight excluding hydrogens is 1120 g/mol. The van der Waals surface area contributed by atoms with Crippen molar-refractivity contribution in [2.45, 2.75) is 102 Å². The largest absolute Gasteiger partial charge is 1.00 e. The summed E-state index contributed by atoms with van der Waals surface area (Å²) < 4.78 is 178. The van der Waals surface area contributed by atoms with Crippen molar-refractivity contribution in [2.24, 2.45) is 5.90 Å². The third kappa shape index (κ3) is 18.5. The summed E-state index contributed by atoms with van der Waals surface area (Å²) in [5.74, 6) is 4.82. The zero-order chi connectivity index (χ0) is 58.0. The van der Waals surface area contributed by atoms with E-state index in [1.807, 2.05) is 33.8 Å². The summed E-state index contributed by atoms with van der Waals surface area (Å²) in [6.45, 7) is 12.5. The van der Waals surface area contributed by atoms with Gasteiger partial charge in [0.25, 0.3) is 30.1 Å². The molecule has 0 spiro atoms. The molecule has 3 N–H and O–H groups in total. The van der Waals surface area contributed by atoms with Crippen molar-refractivity contribution in [3.8, 4) is 0 Å². The number of methoxy groups -OCH3 is 2. The number of sulfonamides is 3. The number of nitrogens with two attached hydrogens (primary N) is 1. The molecule has 6 rings (SSSR count). The molecule has 0 aliphatic carbocycles. The van der Waals surface area contributed by atoms with Gasteiger partial charge < -0.3 is 38.8 Å². The second-order valence-electron chi connectivity index (χ2n) is 14.3. The minimum Gasteiger partial charge on any atom is -0.857 e. The summed E-state index contributed by atoms with van der Waals surface area (Å²) in [6.07, 6.45) is -0.166. The van der Waals surface area contributed by atoms with Gasteiger partial charge in [-0.05, 0) is 82.5 Å². The van der Waals surface area contributed by atoms with Gasteiger partial charge in [0, 0.05) is 112 Å². The number of thiophene rings is 3. The summed E-state index contributed by atoms with van der Waals surface area (Å²) in [6, 6.07) is 5.16. The van der Waals surface area contributed by atoms with Crippen LogP contribution >= 0.6 is 62.0 Å². The van der Waals surface area contributed by atoms with Gasteiger partial charge >= 0.3 is 29.6 Å². The minimum atomic E-state index is -3.68. The molecule has 29 heteroatoms. The molecule has 0 amide bonds. The van der Waals surface area contributed by atoms with Gasteiger partial charge in [0.05, 0.1) is 24.5 Å². The molecule has 6 heterocycles. The van der Waals surface area contributed by atoms with Gasteiger partial charge in [-0.3, -0.25) is 0 Å². The molecule has 20 nitrogen and oxygen atoms in total. The van der Waals surface area contributed by atoms with Gasteiger partial charge in [0.2, 0.25) is 0 Å². The Hall–Kier alpha value is 0.220. The third-order valence-electron chi connectivity index (χ3n) is 9.91. The first-order valence-corrected chi connectivity index (χ1v) is 29.9. The van der Waals surface area contributed by atoms with Gasteiger partial charge in [0.15, 0.2) is 12.6 Å². The van der Waals surface area contributed by atoms with Crippen LogP contribution in [0.2, 0.25) is 0 Å². The molecule has 4 unspecified atom stereocenters. The fourth-order valence-electron chi connectivity index (χ4n) is 7.09. The number of hydrogen-bond acceptors (Lipinski definition) is 21. The van der Waals surface area contributed by atoms with Crippen LogP contribution in [0.1, 0.15) is 101 Å². The van der Waals surface area contributed by atoms with Crippen molar-refractivity contribution in [3.05, 3.63) is 45.6 Å². The SMILES string of the molecule is CCOC(C)OC1CN(CCCBr)S(=O)(=O)c2sccc21.[2H]C([2H])([2H])OCCCN1CC(OC(C)OCC)c2ccsc2S1(=O)=O.[2H]C([2H])([2H])OCCCN1C[C@H](NCC)c2cc(SOON)sc2S1(=O)=O.[2H]C([2H])([2H])[O-].[Na+]. The first kappa shape index (κ1) is 51.3. The number of halogens is 1. The average Bonchev–Trinajstić information content (AvgIpc) is 4.11. The van der Waals surface area contributed by atoms with Crippen LogP contribution in [0.5, 0.6) is 0 Å². The number of nitrogens with one attached hydrogen (secondary N) is 1. The van der Waals surface area contributed by atoms with Crippen molar-refractivity contribution in [1.82, 2.24) is 18.2 Å². The quantitative estimate of drug-likeness (QED) is 0.0249. The number of fused-ring (bicyclic) bond motifs is 3. The van der Waals surface area contributed by atoms with Crippen LogP contribution < -0.4 is 45.9 Å². The Labute approximate surface area is 468 Å². The van der Waals surface area contributed by atoms with Crippen LogP contribution in [0.15, 0.2) is 45.8 Å². The Bertz CT molecular complexity index is 2560. The fourth-order valence-corrected chi connectivity index (χ4v) is 17.5. The number of alkyl halides is 1. The molecular formula is C40H67BrN5NaO15S7. The van der Waals surface area contributed by atoms with E-state index in [0.29, 0.717) is 52.4 Å². The molecule has 392 valence electrons. The van der Waals surface area contributed by atoms with E-state index < -0.39 is 63.6 Å². The molecule has 0 saturated heterocycles. The van der Waals surface area contributed by atoms with E-state index in [2.05, 4.69) is 30.6 Å². The maximum atomic E-state index is 12.9. The summed E-state index contributed by atoms with van der Waals surface area (Å²) in [4.78, 5) is 4.05. The van der Waals surface area contributed by atoms with Crippen LogP contribution in [-0.2, 0) is 67.8 Å². The van der Waals surface area contributed by atoms with E-state index in [0.717, 1.165) is 52.0 Å². The minimum absolute atomic E-state index is 0. The van der Waals surface area contributed by atoms with E-state index in [-0.39, 0.29) is 109 Å². The second kappa shape index (κ2) is 33.3. The molecule has 3 aromatic rings. The molecule has 0 fully saturated rings. The van der Waals surface area contributed by atoms with Crippen LogP contribution in [0.25, 0.3) is 0 Å². The van der Waals surface area contributed by atoms with Gasteiger partial charge in [-0.1, -0.05) is 22.9 Å². The Kier molecular flexibility index (Phi) is 24.8. The maximum absolute atomic E-state index is 12.9. The molecule has 69 heavy (non-hydrogen) atoms. The summed E-state index contributed by atoms with van der Waals surface area (Å²) in [5, 5.41) is 16.7. The summed E-state index contributed by atoms with van der Waals surface area (Å²) >= 11 is 7.66. The maximum Gasteiger partial charge on any atom is 1.00 e. The van der Waals surface area contributed by atoms with E-state index in [9.17, 15) is 25.3 Å². The molecule has 0 saturated carbocycles. The van der Waals surface area contributed by atoms with Gasteiger partial charge in [-0.25, -0.2) is 25.3 Å². The van der Waals surface area contributed by atoms with Crippen molar-refractivity contribution in [3.63, 3.8) is 0 Å². The van der Waals surface area contributed by atoms with Gasteiger partial charge in [0.1, 0.15) is 24.8 Å². The number of nitrogens with zero attached hydrogens (tertiary/aromatic N) is 3. The van der Waals surface area contributed by atoms with Gasteiger partial charge in [-0.15, -0.1) is 43.3 Å². The Morgan fingerprint density at radius 1 is 0.797 bits per heavy atom. The molecule has 5 atom stereocenters. The van der Waals surface area contributed by atoms with Crippen molar-refractivity contribution in [2.75, 3.05) is 98.7 Å². The van der Waals surface area contributed by atoms with Crippen LogP contribution in [0.3, 0.4) is 0 Å². The molecule has 3 aliphatic rings. The van der Waals surface area contributed by atoms with Gasteiger partial charge in [-0.2, -0.15) is 25.9 Å². The first-order chi connectivity index (χ1) is 35.8. The molecule has 0 bridgehead atoms. The third-order valence-corrected chi connectivity index (χ3v) is 21.4. The first-order valence-electron chi connectivity index (χ1n) is 25.6. The van der Waals surface area contributed by atoms with Crippen LogP contribution in [-0.4, -0.2) is 149 Å². The van der Waals surface area contributed by atoms with E-state index in [1.54, 1.807) is 29.8 Å². The van der Waals surface area contributed by atoms with Crippen molar-refractivity contribution in [1.29, 1.82) is 0 Å². The van der Waals surface area contributed by atoms with E-state index >= 15 is 0 Å². The Morgan fingerprint density at radius 3 is 1.70 bits per heavy atom. The van der Waals surface area contributed by atoms with Crippen molar-refractivity contribution < 1.29 is 110 Å². The number of likely N-dealkylation sites (N-methyl/N-ethyl adjacent to an activating group) is 1. The van der Waals surface area contributed by atoms with Crippen LogP contribution in [0.4, 0.5) is 0 Å². The van der Waals surface area contributed by atoms with E-state index in [4.69, 9.17) is 51.8 Å². The predicted octanol–water partition coefficient (Wildman–Crippen LogP) is 2.46. The molecule has 0 radical (unpaired) electrons. The Balaban J connectivity index is 0.000000382. The normalized spacial score (nSPS) is 23.5. The zero-order valence-corrected chi connectivity index (χ0v) is 48.5. The summed E-state index contributed by atoms with van der Waals surface area (Å²) in [5.41, 5.74) is 2.07. The average molecular weight is 1190 g/mol. The molecule has 0 aromatic carbocycles. The topological polar surface area (TPSA) is 247 Å². The smallest absolute Gasteiger partial charge is 0.857 e. The summed E-state index contributed by atoms with van der Waals surface area (Å²) in [7, 11) is -18.6. The zero-order valence-electron chi connectivity index (χ0n) is 48.2. The number of ether oxygens (including phenoxy) is 6. The van der Waals surface area contributed by atoms with Crippen LogP contribution in [0, 0.1) is 0 Å². The molecule has 3 aliphatic heterocycles. The molecule has 3 aromatic heterocycles. The monoisotopic (exact) mass is 1190 g/mol. The van der Waals surface area contributed by atoms with E-state index in [1.165, 1.54) is 24.3 Å².